The van der Waals surface area contributed by atoms with Crippen LogP contribution in [-0.4, -0.2) is 0 Å². The van der Waals surface area contributed by atoms with Crippen molar-refractivity contribution >= 4 is 43.1 Å². The Morgan fingerprint density at radius 2 is 0.585 bits per heavy atom. The van der Waals surface area contributed by atoms with Crippen LogP contribution in [0.2, 0.25) is 0 Å². The molecule has 0 heterocycles. The van der Waals surface area contributed by atoms with Gasteiger partial charge in [-0.3, -0.25) is 0 Å². The van der Waals surface area contributed by atoms with Crippen LogP contribution in [0.3, 0.4) is 0 Å². The van der Waals surface area contributed by atoms with Gasteiger partial charge in [0.05, 0.1) is 5.41 Å². The molecule has 0 heteroatoms. The van der Waals surface area contributed by atoms with Gasteiger partial charge in [0.1, 0.15) is 0 Å². The lowest BCUT2D eigenvalue weighted by Crippen LogP contribution is -2.28. The third kappa shape index (κ3) is 5.71. The highest BCUT2D eigenvalue weighted by molar-refractivity contribution is 6.25. The van der Waals surface area contributed by atoms with E-state index in [1.165, 1.54) is 121 Å². The van der Waals surface area contributed by atoms with Gasteiger partial charge in [-0.15, -0.1) is 0 Å². The Balaban J connectivity index is 0.952. The third-order valence-corrected chi connectivity index (χ3v) is 14.2. The van der Waals surface area contributed by atoms with Crippen molar-refractivity contribution in [2.24, 2.45) is 0 Å². The number of benzene rings is 12. The molecule has 0 spiro atoms. The van der Waals surface area contributed by atoms with Crippen LogP contribution in [0.5, 0.6) is 0 Å². The first-order valence-electron chi connectivity index (χ1n) is 22.7. The maximum Gasteiger partial charge on any atom is 0.0713 e. The summed E-state index contributed by atoms with van der Waals surface area (Å²) in [6, 6.07) is 94.6. The van der Waals surface area contributed by atoms with Crippen LogP contribution in [0, 0.1) is 0 Å². The fourth-order valence-corrected chi connectivity index (χ4v) is 11.3. The number of hydrogen-bond donors (Lipinski definition) is 0. The largest absolute Gasteiger partial charge is 0.0713 e. The van der Waals surface area contributed by atoms with Gasteiger partial charge in [0.25, 0.3) is 0 Å². The SMILES string of the molecule is c1ccc(C2(c3ccc(-c4ccc(-c5ccc6c(-c7cccc8ccccc78)c7ccccc7c(-c7cccc8ccccc78)c6c5)cc4)cc3)c3ccccc3-c3ccccc32)cc1. The second kappa shape index (κ2) is 14.9. The molecule has 0 N–H and O–H groups in total. The molecule has 0 aliphatic heterocycles. The lowest BCUT2D eigenvalue weighted by molar-refractivity contribution is 0.768. The van der Waals surface area contributed by atoms with Gasteiger partial charge < -0.3 is 0 Å². The highest BCUT2D eigenvalue weighted by atomic mass is 14.5. The molecular formula is C65H42. The van der Waals surface area contributed by atoms with E-state index in [9.17, 15) is 0 Å². The van der Waals surface area contributed by atoms with Crippen molar-refractivity contribution in [1.82, 2.24) is 0 Å². The van der Waals surface area contributed by atoms with E-state index in [-0.39, 0.29) is 0 Å². The van der Waals surface area contributed by atoms with Crippen LogP contribution in [0.1, 0.15) is 22.3 Å². The molecule has 0 saturated heterocycles. The van der Waals surface area contributed by atoms with Crippen molar-refractivity contribution in [3.8, 4) is 55.6 Å². The predicted molar refractivity (Wildman–Crippen MR) is 276 cm³/mol. The van der Waals surface area contributed by atoms with Crippen LogP contribution < -0.4 is 0 Å². The Morgan fingerprint density at radius 1 is 0.215 bits per heavy atom. The molecule has 12 aromatic carbocycles. The van der Waals surface area contributed by atoms with Crippen LogP contribution >= 0.6 is 0 Å². The minimum absolute atomic E-state index is 0.406. The van der Waals surface area contributed by atoms with Gasteiger partial charge in [-0.1, -0.05) is 249 Å². The Morgan fingerprint density at radius 3 is 1.15 bits per heavy atom. The zero-order valence-electron chi connectivity index (χ0n) is 35.7. The predicted octanol–water partition coefficient (Wildman–Crippen LogP) is 17.3. The van der Waals surface area contributed by atoms with E-state index in [0.29, 0.717) is 0 Å². The van der Waals surface area contributed by atoms with Crippen molar-refractivity contribution in [3.63, 3.8) is 0 Å². The topological polar surface area (TPSA) is 0 Å². The monoisotopic (exact) mass is 822 g/mol. The summed E-state index contributed by atoms with van der Waals surface area (Å²) >= 11 is 0. The van der Waals surface area contributed by atoms with Crippen molar-refractivity contribution in [2.75, 3.05) is 0 Å². The zero-order valence-corrected chi connectivity index (χ0v) is 35.7. The summed E-state index contributed by atoms with van der Waals surface area (Å²) in [7, 11) is 0. The quantitative estimate of drug-likeness (QED) is 0.147. The van der Waals surface area contributed by atoms with Gasteiger partial charge >= 0.3 is 0 Å². The van der Waals surface area contributed by atoms with E-state index >= 15 is 0 Å². The number of hydrogen-bond acceptors (Lipinski definition) is 0. The summed E-state index contributed by atoms with van der Waals surface area (Å²) in [4.78, 5) is 0. The van der Waals surface area contributed by atoms with Gasteiger partial charge in [-0.25, -0.2) is 0 Å². The molecule has 0 atom stereocenters. The molecule has 0 nitrogen and oxygen atoms in total. The second-order valence-corrected chi connectivity index (χ2v) is 17.5. The van der Waals surface area contributed by atoms with Crippen LogP contribution in [0.15, 0.2) is 255 Å². The number of fused-ring (bicyclic) bond motifs is 7. The highest BCUT2D eigenvalue weighted by Gasteiger charge is 2.45. The normalized spacial score (nSPS) is 12.7. The van der Waals surface area contributed by atoms with Gasteiger partial charge in [0.15, 0.2) is 0 Å². The Bertz CT molecular complexity index is 3740. The second-order valence-electron chi connectivity index (χ2n) is 17.5. The molecule has 302 valence electrons. The van der Waals surface area contributed by atoms with Crippen molar-refractivity contribution in [3.05, 3.63) is 277 Å². The summed E-state index contributed by atoms with van der Waals surface area (Å²) in [5.74, 6) is 0. The molecule has 1 aliphatic carbocycles. The minimum atomic E-state index is -0.406. The van der Waals surface area contributed by atoms with Crippen LogP contribution in [-0.2, 0) is 5.41 Å². The molecule has 0 fully saturated rings. The lowest BCUT2D eigenvalue weighted by atomic mass is 9.67. The maximum atomic E-state index is 2.44. The van der Waals surface area contributed by atoms with Gasteiger partial charge in [0.2, 0.25) is 0 Å². The first-order valence-corrected chi connectivity index (χ1v) is 22.7. The average Bonchev–Trinajstić information content (AvgIpc) is 3.69. The van der Waals surface area contributed by atoms with E-state index in [1.54, 1.807) is 0 Å². The highest BCUT2D eigenvalue weighted by Crippen LogP contribution is 2.56. The fraction of sp³-hybridized carbons (Fsp3) is 0.0154. The molecule has 0 amide bonds. The van der Waals surface area contributed by atoms with Crippen LogP contribution in [0.4, 0.5) is 0 Å². The molecular weight excluding hydrogens is 781 g/mol. The Hall–Kier alpha value is -8.32. The van der Waals surface area contributed by atoms with Crippen molar-refractivity contribution in [1.29, 1.82) is 0 Å². The molecule has 12 aromatic rings. The van der Waals surface area contributed by atoms with Gasteiger partial charge in [0, 0.05) is 0 Å². The zero-order chi connectivity index (χ0) is 42.9. The van der Waals surface area contributed by atoms with E-state index < -0.39 is 5.41 Å². The lowest BCUT2D eigenvalue weighted by Gasteiger charge is -2.34. The van der Waals surface area contributed by atoms with Crippen LogP contribution in [0.25, 0.3) is 98.7 Å². The molecule has 0 bridgehead atoms. The third-order valence-electron chi connectivity index (χ3n) is 14.2. The standard InChI is InChI=1S/C65H42/c1-2-20-49(21-3-1)65(61-30-12-10-24-53(61)54-25-11-13-31-62(54)65)50-39-36-44(37-40-50)43-32-34-45(35-33-43)48-38-41-59-60(42-48)64(56-29-15-19-47-17-5-7-23-52(47)56)58-27-9-8-26-57(58)63(59)55-28-14-18-46-16-4-6-22-51(46)55/h1-42H. The first kappa shape index (κ1) is 37.3. The summed E-state index contributed by atoms with van der Waals surface area (Å²) in [5.41, 5.74) is 17.3. The maximum absolute atomic E-state index is 2.44. The van der Waals surface area contributed by atoms with Crippen molar-refractivity contribution < 1.29 is 0 Å². The summed E-state index contributed by atoms with van der Waals surface area (Å²) in [6.45, 7) is 0. The molecule has 0 radical (unpaired) electrons. The summed E-state index contributed by atoms with van der Waals surface area (Å²) in [6.07, 6.45) is 0. The Kier molecular flexibility index (Phi) is 8.54. The summed E-state index contributed by atoms with van der Waals surface area (Å²) in [5, 5.41) is 10.0. The van der Waals surface area contributed by atoms with E-state index in [1.807, 2.05) is 0 Å². The average molecular weight is 823 g/mol. The van der Waals surface area contributed by atoms with E-state index in [2.05, 4.69) is 255 Å². The molecule has 0 saturated carbocycles. The van der Waals surface area contributed by atoms with E-state index in [0.717, 1.165) is 0 Å². The van der Waals surface area contributed by atoms with Gasteiger partial charge in [-0.05, 0) is 127 Å². The Labute approximate surface area is 379 Å². The fourth-order valence-electron chi connectivity index (χ4n) is 11.3. The molecule has 0 unspecified atom stereocenters. The van der Waals surface area contributed by atoms with E-state index in [4.69, 9.17) is 0 Å². The molecule has 0 aromatic heterocycles. The number of rotatable bonds is 6. The summed E-state index contributed by atoms with van der Waals surface area (Å²) < 4.78 is 0. The van der Waals surface area contributed by atoms with Gasteiger partial charge in [-0.2, -0.15) is 0 Å². The first-order chi connectivity index (χ1) is 32.3. The minimum Gasteiger partial charge on any atom is -0.0622 e. The molecule has 1 aliphatic rings. The molecule has 13 rings (SSSR count). The molecule has 65 heavy (non-hydrogen) atoms. The van der Waals surface area contributed by atoms with Crippen molar-refractivity contribution in [2.45, 2.75) is 5.41 Å². The smallest absolute Gasteiger partial charge is 0.0622 e.